The van der Waals surface area contributed by atoms with Crippen LogP contribution in [0.25, 0.3) is 22.2 Å². The SMILES string of the molecule is [O-][n+]1c(Nc2ccc(N3CCNCC3)cc2)n[n+](O)c2ccc(-c3ccccc3)cc21. The minimum atomic E-state index is -0.00451. The van der Waals surface area contributed by atoms with Crippen LogP contribution in [0.5, 0.6) is 0 Å². The van der Waals surface area contributed by atoms with E-state index in [1.54, 1.807) is 12.1 Å². The lowest BCUT2D eigenvalue weighted by molar-refractivity contribution is -0.933. The van der Waals surface area contributed by atoms with E-state index in [4.69, 9.17) is 0 Å². The molecule has 3 N–H and O–H groups in total. The molecule has 0 aliphatic carbocycles. The number of fused-ring (bicyclic) bond motifs is 1. The zero-order valence-electron chi connectivity index (χ0n) is 16.9. The van der Waals surface area contributed by atoms with Gasteiger partial charge in [-0.05, 0) is 47.5 Å². The number of piperazine rings is 1. The first-order valence-corrected chi connectivity index (χ1v) is 10.3. The molecule has 5 rings (SSSR count). The fraction of sp³-hybridized carbons (Fsp3) is 0.174. The van der Waals surface area contributed by atoms with Crippen LogP contribution in [0.2, 0.25) is 0 Å². The second-order valence-corrected chi connectivity index (χ2v) is 7.49. The zero-order chi connectivity index (χ0) is 21.2. The van der Waals surface area contributed by atoms with Gasteiger partial charge >= 0.3 is 11.5 Å². The molecule has 0 amide bonds. The van der Waals surface area contributed by atoms with E-state index in [0.717, 1.165) is 53.5 Å². The van der Waals surface area contributed by atoms with Crippen LogP contribution in [0.15, 0.2) is 72.8 Å². The van der Waals surface area contributed by atoms with Crippen LogP contribution in [0.4, 0.5) is 17.3 Å². The van der Waals surface area contributed by atoms with Crippen molar-refractivity contribution >= 4 is 28.4 Å². The van der Waals surface area contributed by atoms with E-state index in [9.17, 15) is 10.4 Å². The largest absolute Gasteiger partial charge is 0.739 e. The van der Waals surface area contributed by atoms with E-state index in [2.05, 4.69) is 20.6 Å². The Balaban J connectivity index is 1.46. The van der Waals surface area contributed by atoms with Crippen molar-refractivity contribution < 1.29 is 14.8 Å². The third-order valence-electron chi connectivity index (χ3n) is 5.50. The molecule has 8 nitrogen and oxygen atoms in total. The van der Waals surface area contributed by atoms with Crippen molar-refractivity contribution in [2.24, 2.45) is 0 Å². The molecular formula is C23H23N6O2+. The zero-order valence-corrected chi connectivity index (χ0v) is 16.9. The van der Waals surface area contributed by atoms with Crippen molar-refractivity contribution in [3.05, 3.63) is 78.0 Å². The topological polar surface area (TPSA) is 91.2 Å². The number of rotatable bonds is 4. The van der Waals surface area contributed by atoms with Gasteiger partial charge in [-0.25, -0.2) is 15.3 Å². The first-order chi connectivity index (χ1) is 15.2. The molecule has 1 saturated heterocycles. The van der Waals surface area contributed by atoms with Gasteiger partial charge < -0.3 is 15.4 Å². The molecule has 0 spiro atoms. The Morgan fingerprint density at radius 3 is 2.39 bits per heavy atom. The summed E-state index contributed by atoms with van der Waals surface area (Å²) in [6.45, 7) is 3.87. The van der Waals surface area contributed by atoms with Gasteiger partial charge in [0.25, 0.3) is 0 Å². The summed E-state index contributed by atoms with van der Waals surface area (Å²) in [6.07, 6.45) is 0. The number of nitrogens with one attached hydrogen (secondary N) is 2. The number of nitrogens with zero attached hydrogens (tertiary/aromatic N) is 4. The maximum absolute atomic E-state index is 13.0. The van der Waals surface area contributed by atoms with Crippen molar-refractivity contribution in [3.8, 4) is 11.1 Å². The van der Waals surface area contributed by atoms with Gasteiger partial charge in [-0.2, -0.15) is 0 Å². The molecule has 0 unspecified atom stereocenters. The van der Waals surface area contributed by atoms with Gasteiger partial charge in [-0.15, -0.1) is 0 Å². The quantitative estimate of drug-likeness (QED) is 0.269. The van der Waals surface area contributed by atoms with Crippen LogP contribution < -0.4 is 25.1 Å². The van der Waals surface area contributed by atoms with Crippen LogP contribution in [0.3, 0.4) is 0 Å². The first-order valence-electron chi connectivity index (χ1n) is 10.3. The molecule has 1 aromatic heterocycles. The molecule has 8 heteroatoms. The number of hydrogen-bond donors (Lipinski definition) is 3. The van der Waals surface area contributed by atoms with Crippen LogP contribution in [0, 0.1) is 5.21 Å². The van der Waals surface area contributed by atoms with E-state index in [0.29, 0.717) is 15.8 Å². The highest BCUT2D eigenvalue weighted by Gasteiger charge is 2.24. The van der Waals surface area contributed by atoms with Gasteiger partial charge in [0.2, 0.25) is 9.94 Å². The smallest absolute Gasteiger partial charge is 0.469 e. The summed E-state index contributed by atoms with van der Waals surface area (Å²) in [7, 11) is 0. The maximum atomic E-state index is 13.0. The summed E-state index contributed by atoms with van der Waals surface area (Å²) in [4.78, 5) is 3.05. The van der Waals surface area contributed by atoms with E-state index in [1.165, 1.54) is 0 Å². The van der Waals surface area contributed by atoms with Crippen LogP contribution in [-0.2, 0) is 0 Å². The fourth-order valence-electron chi connectivity index (χ4n) is 3.85. The molecule has 0 radical (unpaired) electrons. The molecule has 156 valence electrons. The first kappa shape index (κ1) is 19.1. The van der Waals surface area contributed by atoms with Crippen molar-refractivity contribution in [2.75, 3.05) is 36.4 Å². The van der Waals surface area contributed by atoms with Gasteiger partial charge in [0, 0.05) is 37.9 Å². The van der Waals surface area contributed by atoms with E-state index >= 15 is 0 Å². The summed E-state index contributed by atoms with van der Waals surface area (Å²) in [5.74, 6) is -0.00451. The molecule has 2 heterocycles. The normalized spacial score (nSPS) is 14.0. The van der Waals surface area contributed by atoms with Crippen molar-refractivity contribution in [3.63, 3.8) is 0 Å². The molecule has 1 aliphatic heterocycles. The molecule has 0 bridgehead atoms. The highest BCUT2D eigenvalue weighted by atomic mass is 16.5. The van der Waals surface area contributed by atoms with Crippen LogP contribution >= 0.6 is 0 Å². The molecule has 1 aliphatic rings. The summed E-state index contributed by atoms with van der Waals surface area (Å²) in [6, 6.07) is 22.9. The monoisotopic (exact) mass is 415 g/mol. The van der Waals surface area contributed by atoms with Crippen molar-refractivity contribution in [1.82, 2.24) is 10.4 Å². The second kappa shape index (κ2) is 8.08. The molecule has 31 heavy (non-hydrogen) atoms. The van der Waals surface area contributed by atoms with Gasteiger partial charge in [-0.1, -0.05) is 30.3 Å². The molecule has 1 fully saturated rings. The van der Waals surface area contributed by atoms with E-state index in [1.807, 2.05) is 60.7 Å². The number of benzene rings is 3. The van der Waals surface area contributed by atoms with Gasteiger partial charge in [0.1, 0.15) is 0 Å². The molecule has 0 saturated carbocycles. The van der Waals surface area contributed by atoms with Crippen molar-refractivity contribution in [2.45, 2.75) is 0 Å². The molecular weight excluding hydrogens is 392 g/mol. The van der Waals surface area contributed by atoms with Gasteiger partial charge in [0.05, 0.1) is 5.69 Å². The Morgan fingerprint density at radius 1 is 0.903 bits per heavy atom. The Bertz CT molecular complexity index is 1210. The van der Waals surface area contributed by atoms with E-state index in [-0.39, 0.29) is 5.95 Å². The molecule has 0 atom stereocenters. The molecule has 4 aromatic rings. The van der Waals surface area contributed by atoms with Crippen LogP contribution in [0.1, 0.15) is 0 Å². The van der Waals surface area contributed by atoms with Crippen LogP contribution in [-0.4, -0.2) is 36.5 Å². The predicted molar refractivity (Wildman–Crippen MR) is 118 cm³/mol. The average molecular weight is 415 g/mol. The lowest BCUT2D eigenvalue weighted by Gasteiger charge is -2.29. The minimum absolute atomic E-state index is 0.00451. The Hall–Kier alpha value is -3.91. The number of anilines is 3. The second-order valence-electron chi connectivity index (χ2n) is 7.49. The van der Waals surface area contributed by atoms with Crippen molar-refractivity contribution in [1.29, 1.82) is 0 Å². The summed E-state index contributed by atoms with van der Waals surface area (Å²) < 4.78 is 0.707. The average Bonchev–Trinajstić information content (AvgIpc) is 2.83. The lowest BCUT2D eigenvalue weighted by Crippen LogP contribution is -2.45. The summed E-state index contributed by atoms with van der Waals surface area (Å²) in [5, 5.41) is 33.7. The standard InChI is InChI=1S/C23H23N6O2/c30-28-22-16-18(17-4-2-1-3-5-17)6-11-21(22)29(31)26-23(28)25-19-7-9-20(10-8-19)27-14-12-24-13-15-27/h1-11,16,24H,12-15H2,(H2,25,26,31)/q+1. The van der Waals surface area contributed by atoms with Gasteiger partial charge in [0.15, 0.2) is 5.52 Å². The minimum Gasteiger partial charge on any atom is -0.739 e. The fourth-order valence-corrected chi connectivity index (χ4v) is 3.85. The number of aromatic nitrogens is 3. The Labute approximate surface area is 179 Å². The van der Waals surface area contributed by atoms with Gasteiger partial charge in [-0.3, -0.25) is 0 Å². The summed E-state index contributed by atoms with van der Waals surface area (Å²) >= 11 is 0. The lowest BCUT2D eigenvalue weighted by atomic mass is 10.1. The Kier molecular flexibility index (Phi) is 4.97. The third kappa shape index (κ3) is 3.80. The predicted octanol–water partition coefficient (Wildman–Crippen LogP) is 2.21. The highest BCUT2D eigenvalue weighted by Crippen LogP contribution is 2.23. The molecule has 3 aromatic carbocycles. The maximum Gasteiger partial charge on any atom is 0.469 e. The Morgan fingerprint density at radius 2 is 1.65 bits per heavy atom. The number of hydrogen-bond acceptors (Lipinski definition) is 6. The summed E-state index contributed by atoms with van der Waals surface area (Å²) in [5.41, 5.74) is 4.37. The third-order valence-corrected chi connectivity index (χ3v) is 5.50. The van der Waals surface area contributed by atoms with E-state index < -0.39 is 0 Å². The highest BCUT2D eigenvalue weighted by molar-refractivity contribution is 5.77.